The SMILES string of the molecule is CCCc1cc(C(=O)NCc2c(C)cc(C)nc2OC)no1. The summed E-state index contributed by atoms with van der Waals surface area (Å²) in [6.07, 6.45) is 1.72. The first-order chi connectivity index (χ1) is 10.5. The van der Waals surface area contributed by atoms with Crippen LogP contribution in [0.5, 0.6) is 5.88 Å². The Hall–Kier alpha value is -2.37. The maximum Gasteiger partial charge on any atom is 0.273 e. The average Bonchev–Trinajstić information content (AvgIpc) is 2.94. The van der Waals surface area contributed by atoms with Gasteiger partial charge in [-0.05, 0) is 31.9 Å². The molecule has 118 valence electrons. The summed E-state index contributed by atoms with van der Waals surface area (Å²) < 4.78 is 10.4. The number of aryl methyl sites for hydroxylation is 3. The largest absolute Gasteiger partial charge is 0.481 e. The molecule has 0 saturated carbocycles. The summed E-state index contributed by atoms with van der Waals surface area (Å²) in [5, 5.41) is 6.62. The Morgan fingerprint density at radius 2 is 2.14 bits per heavy atom. The number of nitrogens with zero attached hydrogens (tertiary/aromatic N) is 2. The highest BCUT2D eigenvalue weighted by Gasteiger charge is 2.15. The minimum Gasteiger partial charge on any atom is -0.481 e. The number of carbonyl (C=O) groups is 1. The van der Waals surface area contributed by atoms with Crippen molar-refractivity contribution in [2.45, 2.75) is 40.2 Å². The number of amides is 1. The number of carbonyl (C=O) groups excluding carboxylic acids is 1. The van der Waals surface area contributed by atoms with Crippen molar-refractivity contribution in [1.29, 1.82) is 0 Å². The van der Waals surface area contributed by atoms with E-state index in [4.69, 9.17) is 9.26 Å². The lowest BCUT2D eigenvalue weighted by Gasteiger charge is -2.12. The van der Waals surface area contributed by atoms with Crippen LogP contribution in [0, 0.1) is 13.8 Å². The van der Waals surface area contributed by atoms with Crippen LogP contribution in [-0.2, 0) is 13.0 Å². The third kappa shape index (κ3) is 3.63. The second-order valence-corrected chi connectivity index (χ2v) is 5.18. The third-order valence-corrected chi connectivity index (χ3v) is 3.34. The zero-order valence-corrected chi connectivity index (χ0v) is 13.4. The fourth-order valence-electron chi connectivity index (χ4n) is 2.26. The van der Waals surface area contributed by atoms with Gasteiger partial charge in [-0.2, -0.15) is 0 Å². The van der Waals surface area contributed by atoms with Crippen molar-refractivity contribution in [3.05, 3.63) is 40.4 Å². The molecule has 0 fully saturated rings. The van der Waals surface area contributed by atoms with E-state index < -0.39 is 0 Å². The van der Waals surface area contributed by atoms with Crippen LogP contribution in [0.4, 0.5) is 0 Å². The Labute approximate surface area is 129 Å². The van der Waals surface area contributed by atoms with Crippen LogP contribution in [0.3, 0.4) is 0 Å². The van der Waals surface area contributed by atoms with E-state index in [1.165, 1.54) is 0 Å². The highest BCUT2D eigenvalue weighted by molar-refractivity contribution is 5.92. The highest BCUT2D eigenvalue weighted by Crippen LogP contribution is 2.20. The van der Waals surface area contributed by atoms with Gasteiger partial charge in [-0.25, -0.2) is 4.98 Å². The quantitative estimate of drug-likeness (QED) is 0.887. The normalized spacial score (nSPS) is 10.5. The molecule has 0 saturated heterocycles. The van der Waals surface area contributed by atoms with E-state index in [1.54, 1.807) is 13.2 Å². The molecule has 1 N–H and O–H groups in total. The Morgan fingerprint density at radius 3 is 2.82 bits per heavy atom. The van der Waals surface area contributed by atoms with Gasteiger partial charge in [-0.1, -0.05) is 12.1 Å². The Balaban J connectivity index is 2.07. The van der Waals surface area contributed by atoms with Gasteiger partial charge in [0, 0.05) is 30.3 Å². The maximum atomic E-state index is 12.1. The van der Waals surface area contributed by atoms with Crippen molar-refractivity contribution in [1.82, 2.24) is 15.5 Å². The van der Waals surface area contributed by atoms with E-state index in [0.29, 0.717) is 18.1 Å². The Bertz CT molecular complexity index is 665. The predicted octanol–water partition coefficient (Wildman–Crippen LogP) is 2.58. The molecule has 2 heterocycles. The van der Waals surface area contributed by atoms with Crippen molar-refractivity contribution < 1.29 is 14.1 Å². The molecule has 0 spiro atoms. The van der Waals surface area contributed by atoms with Crippen LogP contribution in [0.25, 0.3) is 0 Å². The van der Waals surface area contributed by atoms with Crippen LogP contribution in [0.15, 0.2) is 16.7 Å². The zero-order valence-electron chi connectivity index (χ0n) is 13.4. The first-order valence-corrected chi connectivity index (χ1v) is 7.30. The second kappa shape index (κ2) is 7.06. The van der Waals surface area contributed by atoms with Crippen molar-refractivity contribution in [2.75, 3.05) is 7.11 Å². The summed E-state index contributed by atoms with van der Waals surface area (Å²) in [5.41, 5.74) is 3.06. The first-order valence-electron chi connectivity index (χ1n) is 7.30. The topological polar surface area (TPSA) is 77.2 Å². The lowest BCUT2D eigenvalue weighted by atomic mass is 10.1. The summed E-state index contributed by atoms with van der Waals surface area (Å²) in [5.74, 6) is 0.983. The van der Waals surface area contributed by atoms with E-state index in [2.05, 4.69) is 15.5 Å². The predicted molar refractivity (Wildman–Crippen MR) is 81.9 cm³/mol. The molecule has 22 heavy (non-hydrogen) atoms. The van der Waals surface area contributed by atoms with Gasteiger partial charge in [0.2, 0.25) is 5.88 Å². The van der Waals surface area contributed by atoms with E-state index in [1.807, 2.05) is 26.8 Å². The molecule has 6 heteroatoms. The van der Waals surface area contributed by atoms with Gasteiger partial charge >= 0.3 is 0 Å². The second-order valence-electron chi connectivity index (χ2n) is 5.18. The summed E-state index contributed by atoms with van der Waals surface area (Å²) >= 11 is 0. The smallest absolute Gasteiger partial charge is 0.273 e. The van der Waals surface area contributed by atoms with Crippen LogP contribution in [-0.4, -0.2) is 23.2 Å². The van der Waals surface area contributed by atoms with E-state index in [-0.39, 0.29) is 5.91 Å². The molecular formula is C16H21N3O3. The lowest BCUT2D eigenvalue weighted by molar-refractivity contribution is 0.0941. The van der Waals surface area contributed by atoms with Crippen LogP contribution >= 0.6 is 0 Å². The number of aromatic nitrogens is 2. The molecular weight excluding hydrogens is 282 g/mol. The molecule has 2 rings (SSSR count). The monoisotopic (exact) mass is 303 g/mol. The number of pyridine rings is 1. The van der Waals surface area contributed by atoms with Crippen LogP contribution in [0.1, 0.15) is 46.4 Å². The molecule has 6 nitrogen and oxygen atoms in total. The Kier molecular flexibility index (Phi) is 5.14. The number of hydrogen-bond acceptors (Lipinski definition) is 5. The van der Waals surface area contributed by atoms with E-state index in [0.717, 1.165) is 35.4 Å². The summed E-state index contributed by atoms with van der Waals surface area (Å²) in [6.45, 7) is 6.25. The molecule has 0 aromatic carbocycles. The number of hydrogen-bond donors (Lipinski definition) is 1. The number of nitrogens with one attached hydrogen (secondary N) is 1. The standard InChI is InChI=1S/C16H21N3O3/c1-5-6-12-8-14(19-22-12)15(20)17-9-13-10(2)7-11(3)18-16(13)21-4/h7-8H,5-6,9H2,1-4H3,(H,17,20). The Morgan fingerprint density at radius 1 is 1.36 bits per heavy atom. The summed E-state index contributed by atoms with van der Waals surface area (Å²) in [6, 6.07) is 3.63. The van der Waals surface area contributed by atoms with Crippen molar-refractivity contribution in [3.63, 3.8) is 0 Å². The molecule has 0 aliphatic carbocycles. The fraction of sp³-hybridized carbons (Fsp3) is 0.438. The third-order valence-electron chi connectivity index (χ3n) is 3.34. The molecule has 0 aliphatic rings. The summed E-state index contributed by atoms with van der Waals surface area (Å²) in [4.78, 5) is 16.4. The minimum atomic E-state index is -0.270. The van der Waals surface area contributed by atoms with Crippen molar-refractivity contribution >= 4 is 5.91 Å². The van der Waals surface area contributed by atoms with Crippen LogP contribution in [0.2, 0.25) is 0 Å². The van der Waals surface area contributed by atoms with Gasteiger partial charge < -0.3 is 14.6 Å². The van der Waals surface area contributed by atoms with Crippen molar-refractivity contribution in [2.24, 2.45) is 0 Å². The maximum absolute atomic E-state index is 12.1. The van der Waals surface area contributed by atoms with Gasteiger partial charge in [0.1, 0.15) is 5.76 Å². The molecule has 0 radical (unpaired) electrons. The lowest BCUT2D eigenvalue weighted by Crippen LogP contribution is -2.24. The average molecular weight is 303 g/mol. The molecule has 0 atom stereocenters. The molecule has 2 aromatic rings. The van der Waals surface area contributed by atoms with Gasteiger partial charge in [-0.3, -0.25) is 4.79 Å². The molecule has 1 amide bonds. The fourth-order valence-corrected chi connectivity index (χ4v) is 2.26. The van der Waals surface area contributed by atoms with E-state index in [9.17, 15) is 4.79 Å². The van der Waals surface area contributed by atoms with Crippen molar-refractivity contribution in [3.8, 4) is 5.88 Å². The highest BCUT2D eigenvalue weighted by atomic mass is 16.5. The van der Waals surface area contributed by atoms with Gasteiger partial charge in [0.25, 0.3) is 5.91 Å². The first kappa shape index (κ1) is 16.0. The summed E-state index contributed by atoms with van der Waals surface area (Å²) in [7, 11) is 1.57. The molecule has 2 aromatic heterocycles. The van der Waals surface area contributed by atoms with Gasteiger partial charge in [0.15, 0.2) is 5.69 Å². The van der Waals surface area contributed by atoms with Gasteiger partial charge in [-0.15, -0.1) is 0 Å². The van der Waals surface area contributed by atoms with Gasteiger partial charge in [0.05, 0.1) is 7.11 Å². The number of ether oxygens (including phenoxy) is 1. The number of rotatable bonds is 6. The molecule has 0 unspecified atom stereocenters. The van der Waals surface area contributed by atoms with Crippen LogP contribution < -0.4 is 10.1 Å². The zero-order chi connectivity index (χ0) is 16.1. The molecule has 0 aliphatic heterocycles. The minimum absolute atomic E-state index is 0.270. The molecule has 0 bridgehead atoms. The van der Waals surface area contributed by atoms with E-state index >= 15 is 0 Å². The number of methoxy groups -OCH3 is 1.